The topological polar surface area (TPSA) is 63.7 Å². The first-order valence-electron chi connectivity index (χ1n) is 9.77. The molecule has 0 spiro atoms. The Morgan fingerprint density at radius 2 is 1.40 bits per heavy atom. The zero-order chi connectivity index (χ0) is 21.6. The van der Waals surface area contributed by atoms with Crippen LogP contribution < -0.4 is 9.04 Å². The fourth-order valence-electron chi connectivity index (χ4n) is 2.95. The van der Waals surface area contributed by atoms with Crippen molar-refractivity contribution in [3.63, 3.8) is 0 Å². The molecule has 0 radical (unpaired) electrons. The number of anilines is 1. The number of rotatable bonds is 8. The van der Waals surface area contributed by atoms with Gasteiger partial charge in [-0.2, -0.15) is 0 Å². The normalized spacial score (nSPS) is 11.1. The average molecular weight is 424 g/mol. The van der Waals surface area contributed by atoms with Crippen LogP contribution in [0.15, 0.2) is 83.8 Å². The van der Waals surface area contributed by atoms with Crippen LogP contribution in [-0.4, -0.2) is 20.9 Å². The van der Waals surface area contributed by atoms with Crippen molar-refractivity contribution in [2.24, 2.45) is 0 Å². The van der Waals surface area contributed by atoms with Gasteiger partial charge in [0.25, 0.3) is 10.0 Å². The second-order valence-corrected chi connectivity index (χ2v) is 8.86. The summed E-state index contributed by atoms with van der Waals surface area (Å²) >= 11 is 0. The summed E-state index contributed by atoms with van der Waals surface area (Å²) in [5.74, 6) is 0.231. The molecule has 0 aliphatic carbocycles. The van der Waals surface area contributed by atoms with Crippen LogP contribution in [0.5, 0.6) is 5.75 Å². The van der Waals surface area contributed by atoms with E-state index >= 15 is 0 Å². The minimum absolute atomic E-state index is 0.0475. The second kappa shape index (κ2) is 9.59. The van der Waals surface area contributed by atoms with Crippen LogP contribution in [0.25, 0.3) is 0 Å². The fourth-order valence-corrected chi connectivity index (χ4v) is 4.39. The van der Waals surface area contributed by atoms with Crippen molar-refractivity contribution in [2.75, 3.05) is 10.9 Å². The summed E-state index contributed by atoms with van der Waals surface area (Å²) in [4.78, 5) is 13.1. The Labute approximate surface area is 178 Å². The van der Waals surface area contributed by atoms with Crippen LogP contribution in [0.1, 0.15) is 24.0 Å². The molecule has 5 nitrogen and oxygen atoms in total. The van der Waals surface area contributed by atoms with Crippen molar-refractivity contribution >= 4 is 21.6 Å². The van der Waals surface area contributed by atoms with Crippen LogP contribution in [0.2, 0.25) is 0 Å². The van der Waals surface area contributed by atoms with Gasteiger partial charge >= 0.3 is 0 Å². The van der Waals surface area contributed by atoms with E-state index in [4.69, 9.17) is 4.74 Å². The van der Waals surface area contributed by atoms with Crippen LogP contribution in [0.3, 0.4) is 0 Å². The quantitative estimate of drug-likeness (QED) is 0.484. The molecule has 156 valence electrons. The molecule has 0 aliphatic heterocycles. The standard InChI is InChI=1S/C24H25NO4S/c1-19-10-14-22(15-11-19)29-18-6-9-24(26)25(21-7-4-3-5-8-21)30(27,28)23-16-12-20(2)13-17-23/h3-5,7-8,10-17H,6,9,18H2,1-2H3. The van der Waals surface area contributed by atoms with Crippen LogP contribution >= 0.6 is 0 Å². The van der Waals surface area contributed by atoms with Gasteiger partial charge in [-0.05, 0) is 56.7 Å². The maximum atomic E-state index is 13.2. The van der Waals surface area contributed by atoms with Gasteiger partial charge in [0.2, 0.25) is 5.91 Å². The predicted octanol–water partition coefficient (Wildman–Crippen LogP) is 4.88. The Kier molecular flexibility index (Phi) is 6.90. The first-order chi connectivity index (χ1) is 14.4. The van der Waals surface area contributed by atoms with Crippen LogP contribution in [0.4, 0.5) is 5.69 Å². The highest BCUT2D eigenvalue weighted by Crippen LogP contribution is 2.25. The lowest BCUT2D eigenvalue weighted by Gasteiger charge is -2.23. The van der Waals surface area contributed by atoms with Crippen molar-refractivity contribution in [1.82, 2.24) is 0 Å². The Bertz CT molecular complexity index is 1080. The lowest BCUT2D eigenvalue weighted by Crippen LogP contribution is -2.37. The molecule has 0 saturated carbocycles. The Hall–Kier alpha value is -3.12. The highest BCUT2D eigenvalue weighted by atomic mass is 32.2. The minimum Gasteiger partial charge on any atom is -0.494 e. The van der Waals surface area contributed by atoms with E-state index in [0.29, 0.717) is 18.7 Å². The van der Waals surface area contributed by atoms with Gasteiger partial charge in [0.05, 0.1) is 17.2 Å². The maximum absolute atomic E-state index is 13.2. The summed E-state index contributed by atoms with van der Waals surface area (Å²) in [5.41, 5.74) is 2.40. The minimum atomic E-state index is -4.02. The van der Waals surface area contributed by atoms with Crippen molar-refractivity contribution in [3.8, 4) is 5.75 Å². The van der Waals surface area contributed by atoms with E-state index in [0.717, 1.165) is 21.2 Å². The molecule has 0 aliphatic rings. The molecule has 3 aromatic rings. The fraction of sp³-hybridized carbons (Fsp3) is 0.208. The van der Waals surface area contributed by atoms with Crippen molar-refractivity contribution in [1.29, 1.82) is 0 Å². The molecular formula is C24H25NO4S. The molecule has 6 heteroatoms. The summed E-state index contributed by atoms with van der Waals surface area (Å²) in [6.07, 6.45) is 0.450. The number of hydrogen-bond acceptors (Lipinski definition) is 4. The van der Waals surface area contributed by atoms with Gasteiger partial charge in [0.1, 0.15) is 5.75 Å². The number of hydrogen-bond donors (Lipinski definition) is 0. The van der Waals surface area contributed by atoms with Gasteiger partial charge in [0, 0.05) is 6.42 Å². The summed E-state index contributed by atoms with van der Waals surface area (Å²) < 4.78 is 33.0. The van der Waals surface area contributed by atoms with E-state index in [-0.39, 0.29) is 11.3 Å². The van der Waals surface area contributed by atoms with E-state index in [2.05, 4.69) is 0 Å². The number of ether oxygens (including phenoxy) is 1. The monoisotopic (exact) mass is 423 g/mol. The Morgan fingerprint density at radius 3 is 2.00 bits per heavy atom. The SMILES string of the molecule is Cc1ccc(OCCCC(=O)N(c2ccccc2)S(=O)(=O)c2ccc(C)cc2)cc1. The number of amides is 1. The highest BCUT2D eigenvalue weighted by molar-refractivity contribution is 7.93. The molecule has 30 heavy (non-hydrogen) atoms. The summed E-state index contributed by atoms with van der Waals surface area (Å²) in [7, 11) is -4.02. The molecule has 1 amide bonds. The van der Waals surface area contributed by atoms with Gasteiger partial charge in [0.15, 0.2) is 0 Å². The average Bonchev–Trinajstić information content (AvgIpc) is 2.73. The van der Waals surface area contributed by atoms with E-state index in [1.165, 1.54) is 12.1 Å². The first-order valence-corrected chi connectivity index (χ1v) is 11.2. The number of carbonyl (C=O) groups excluding carboxylic acids is 1. The van der Waals surface area contributed by atoms with Gasteiger partial charge in [-0.1, -0.05) is 53.6 Å². The number of nitrogens with zero attached hydrogens (tertiary/aromatic N) is 1. The van der Waals surface area contributed by atoms with Crippen molar-refractivity contribution < 1.29 is 17.9 Å². The number of benzene rings is 3. The third kappa shape index (κ3) is 5.27. The lowest BCUT2D eigenvalue weighted by molar-refractivity contribution is -0.117. The lowest BCUT2D eigenvalue weighted by atomic mass is 10.2. The second-order valence-electron chi connectivity index (χ2n) is 7.08. The number of sulfonamides is 1. The summed E-state index contributed by atoms with van der Waals surface area (Å²) in [5, 5.41) is 0. The molecule has 0 aromatic heterocycles. The third-order valence-electron chi connectivity index (χ3n) is 4.60. The summed E-state index contributed by atoms with van der Waals surface area (Å²) in [6.45, 7) is 4.20. The Balaban J connectivity index is 1.74. The van der Waals surface area contributed by atoms with Gasteiger partial charge in [-0.3, -0.25) is 4.79 Å². The van der Waals surface area contributed by atoms with Gasteiger partial charge in [-0.25, -0.2) is 12.7 Å². The molecule has 0 bridgehead atoms. The van der Waals surface area contributed by atoms with E-state index in [1.54, 1.807) is 42.5 Å². The summed E-state index contributed by atoms with van der Waals surface area (Å²) in [6, 6.07) is 22.6. The molecule has 0 N–H and O–H groups in total. The molecule has 0 fully saturated rings. The number of para-hydroxylation sites is 1. The zero-order valence-corrected chi connectivity index (χ0v) is 17.9. The van der Waals surface area contributed by atoms with Gasteiger partial charge in [-0.15, -0.1) is 0 Å². The van der Waals surface area contributed by atoms with E-state index in [1.807, 2.05) is 38.1 Å². The molecule has 0 atom stereocenters. The van der Waals surface area contributed by atoms with Crippen molar-refractivity contribution in [2.45, 2.75) is 31.6 Å². The highest BCUT2D eigenvalue weighted by Gasteiger charge is 2.30. The largest absolute Gasteiger partial charge is 0.494 e. The first kappa shape index (κ1) is 21.6. The van der Waals surface area contributed by atoms with Gasteiger partial charge < -0.3 is 4.74 Å². The molecule has 0 heterocycles. The molecular weight excluding hydrogens is 398 g/mol. The van der Waals surface area contributed by atoms with Crippen molar-refractivity contribution in [3.05, 3.63) is 90.0 Å². The zero-order valence-electron chi connectivity index (χ0n) is 17.1. The van der Waals surface area contributed by atoms with Crippen LogP contribution in [0, 0.1) is 13.8 Å². The Morgan fingerprint density at radius 1 is 0.833 bits per heavy atom. The smallest absolute Gasteiger partial charge is 0.270 e. The molecule has 3 aromatic carbocycles. The predicted molar refractivity (Wildman–Crippen MR) is 118 cm³/mol. The van der Waals surface area contributed by atoms with E-state index in [9.17, 15) is 13.2 Å². The van der Waals surface area contributed by atoms with Crippen LogP contribution in [-0.2, 0) is 14.8 Å². The third-order valence-corrected chi connectivity index (χ3v) is 6.36. The number of carbonyl (C=O) groups is 1. The maximum Gasteiger partial charge on any atom is 0.270 e. The molecule has 0 saturated heterocycles. The molecule has 0 unspecified atom stereocenters. The molecule has 3 rings (SSSR count). The number of aryl methyl sites for hydroxylation is 2. The van der Waals surface area contributed by atoms with E-state index < -0.39 is 15.9 Å².